The van der Waals surface area contributed by atoms with Crippen LogP contribution in [0.15, 0.2) is 40.9 Å². The first-order valence-electron chi connectivity index (χ1n) is 9.60. The van der Waals surface area contributed by atoms with Gasteiger partial charge < -0.3 is 9.88 Å². The zero-order chi connectivity index (χ0) is 19.8. The number of benzene rings is 2. The predicted octanol–water partition coefficient (Wildman–Crippen LogP) is 5.10. The van der Waals surface area contributed by atoms with Crippen molar-refractivity contribution in [2.75, 3.05) is 6.54 Å². The Hall–Kier alpha value is -2.40. The third kappa shape index (κ3) is 3.51. The molecule has 1 aliphatic rings. The molecule has 2 heterocycles. The van der Waals surface area contributed by atoms with Gasteiger partial charge in [0.15, 0.2) is 5.78 Å². The zero-order valence-electron chi connectivity index (χ0n) is 16.1. The van der Waals surface area contributed by atoms with E-state index in [4.69, 9.17) is 0 Å². The summed E-state index contributed by atoms with van der Waals surface area (Å²) < 4.78 is 1.04. The average molecular weight is 439 g/mol. The summed E-state index contributed by atoms with van der Waals surface area (Å²) in [7, 11) is 0. The molecule has 2 aromatic carbocycles. The van der Waals surface area contributed by atoms with Crippen LogP contribution in [-0.4, -0.2) is 28.1 Å². The zero-order valence-corrected chi connectivity index (χ0v) is 17.7. The Labute approximate surface area is 173 Å². The summed E-state index contributed by atoms with van der Waals surface area (Å²) in [6.07, 6.45) is 1.32. The molecule has 1 aromatic heterocycles. The molecule has 4 rings (SSSR count). The van der Waals surface area contributed by atoms with Crippen molar-refractivity contribution in [3.05, 3.63) is 68.8 Å². The number of ketones is 1. The summed E-state index contributed by atoms with van der Waals surface area (Å²) >= 11 is 3.59. The van der Waals surface area contributed by atoms with Gasteiger partial charge in [0.25, 0.3) is 0 Å². The first-order chi connectivity index (χ1) is 13.4. The van der Waals surface area contributed by atoms with E-state index in [1.807, 2.05) is 49.1 Å². The molecule has 0 bridgehead atoms. The molecule has 0 aliphatic carbocycles. The van der Waals surface area contributed by atoms with Crippen LogP contribution in [0.5, 0.6) is 0 Å². The van der Waals surface area contributed by atoms with E-state index in [9.17, 15) is 9.59 Å². The van der Waals surface area contributed by atoms with Crippen molar-refractivity contribution in [3.63, 3.8) is 0 Å². The Morgan fingerprint density at radius 1 is 1.11 bits per heavy atom. The second kappa shape index (κ2) is 7.55. The van der Waals surface area contributed by atoms with Gasteiger partial charge in [0.05, 0.1) is 5.52 Å². The molecule has 5 heteroatoms. The monoisotopic (exact) mass is 438 g/mol. The van der Waals surface area contributed by atoms with Crippen molar-refractivity contribution in [1.29, 1.82) is 0 Å². The van der Waals surface area contributed by atoms with E-state index in [1.54, 1.807) is 0 Å². The molecule has 0 saturated heterocycles. The standard InChI is InChI=1S/C23H23BrN2O2/c1-14-6-7-16(12-15(14)2)21(27)8-9-22(28)26-11-10-20-18(13-26)17-4-3-5-19(24)23(17)25-20/h3-7,12,25H,8-11,13H2,1-2H3. The number of fused-ring (bicyclic) bond motifs is 3. The minimum atomic E-state index is 0.0326. The first kappa shape index (κ1) is 18.9. The number of amides is 1. The van der Waals surface area contributed by atoms with E-state index < -0.39 is 0 Å². The maximum absolute atomic E-state index is 12.7. The Kier molecular flexibility index (Phi) is 5.11. The molecule has 0 saturated carbocycles. The number of rotatable bonds is 4. The quantitative estimate of drug-likeness (QED) is 0.576. The lowest BCUT2D eigenvalue weighted by atomic mass is 10.0. The smallest absolute Gasteiger partial charge is 0.223 e. The van der Waals surface area contributed by atoms with Gasteiger partial charge in [-0.2, -0.15) is 0 Å². The molecule has 4 nitrogen and oxygen atoms in total. The van der Waals surface area contributed by atoms with Crippen molar-refractivity contribution in [1.82, 2.24) is 9.88 Å². The van der Waals surface area contributed by atoms with E-state index in [0.29, 0.717) is 18.7 Å². The molecule has 0 atom stereocenters. The van der Waals surface area contributed by atoms with Crippen molar-refractivity contribution < 1.29 is 9.59 Å². The van der Waals surface area contributed by atoms with Crippen LogP contribution in [0.25, 0.3) is 10.9 Å². The largest absolute Gasteiger partial charge is 0.357 e. The Bertz CT molecular complexity index is 1080. The van der Waals surface area contributed by atoms with Crippen LogP contribution < -0.4 is 0 Å². The molecular weight excluding hydrogens is 416 g/mol. The summed E-state index contributed by atoms with van der Waals surface area (Å²) in [5, 5.41) is 1.16. The van der Waals surface area contributed by atoms with E-state index in [0.717, 1.165) is 27.4 Å². The summed E-state index contributed by atoms with van der Waals surface area (Å²) in [5.41, 5.74) is 6.45. The molecule has 1 amide bonds. The van der Waals surface area contributed by atoms with Crippen LogP contribution in [0.1, 0.15) is 45.6 Å². The van der Waals surface area contributed by atoms with Crippen LogP contribution in [-0.2, 0) is 17.8 Å². The predicted molar refractivity (Wildman–Crippen MR) is 115 cm³/mol. The summed E-state index contributed by atoms with van der Waals surface area (Å²) in [6, 6.07) is 11.9. The molecule has 28 heavy (non-hydrogen) atoms. The van der Waals surface area contributed by atoms with E-state index in [-0.39, 0.29) is 24.5 Å². The number of carbonyl (C=O) groups is 2. The second-order valence-electron chi connectivity index (χ2n) is 7.53. The number of H-pyrrole nitrogens is 1. The molecule has 144 valence electrons. The first-order valence-corrected chi connectivity index (χ1v) is 10.4. The fraction of sp³-hybridized carbons (Fsp3) is 0.304. The lowest BCUT2D eigenvalue weighted by Crippen LogP contribution is -2.35. The third-order valence-electron chi connectivity index (χ3n) is 5.71. The number of aryl methyl sites for hydroxylation is 2. The highest BCUT2D eigenvalue weighted by Gasteiger charge is 2.24. The lowest BCUT2D eigenvalue weighted by Gasteiger charge is -2.27. The highest BCUT2D eigenvalue weighted by atomic mass is 79.9. The number of Topliss-reactive ketones (excluding diaryl/α,β-unsaturated/α-hetero) is 1. The van der Waals surface area contributed by atoms with Crippen molar-refractivity contribution in [2.24, 2.45) is 0 Å². The number of halogens is 1. The second-order valence-corrected chi connectivity index (χ2v) is 8.39. The molecule has 1 N–H and O–H groups in total. The fourth-order valence-corrected chi connectivity index (χ4v) is 4.32. The Morgan fingerprint density at radius 2 is 1.93 bits per heavy atom. The lowest BCUT2D eigenvalue weighted by molar-refractivity contribution is -0.132. The van der Waals surface area contributed by atoms with E-state index in [1.165, 1.54) is 16.8 Å². The molecule has 3 aromatic rings. The number of aromatic nitrogens is 1. The van der Waals surface area contributed by atoms with Crippen molar-refractivity contribution >= 4 is 38.5 Å². The van der Waals surface area contributed by atoms with Gasteiger partial charge in [0.2, 0.25) is 5.91 Å². The number of carbonyl (C=O) groups excluding carboxylic acids is 2. The van der Waals surface area contributed by atoms with Gasteiger partial charge in [0.1, 0.15) is 0 Å². The Balaban J connectivity index is 1.43. The summed E-state index contributed by atoms with van der Waals surface area (Å²) in [6.45, 7) is 5.32. The van der Waals surface area contributed by atoms with E-state index >= 15 is 0 Å². The number of nitrogens with one attached hydrogen (secondary N) is 1. The minimum Gasteiger partial charge on any atom is -0.357 e. The van der Waals surface area contributed by atoms with Gasteiger partial charge in [-0.3, -0.25) is 9.59 Å². The van der Waals surface area contributed by atoms with Gasteiger partial charge in [-0.05, 0) is 53.0 Å². The average Bonchev–Trinajstić information content (AvgIpc) is 3.07. The van der Waals surface area contributed by atoms with Crippen LogP contribution in [0, 0.1) is 13.8 Å². The number of hydrogen-bond acceptors (Lipinski definition) is 2. The van der Waals surface area contributed by atoms with Crippen LogP contribution in [0.4, 0.5) is 0 Å². The van der Waals surface area contributed by atoms with Crippen molar-refractivity contribution in [3.8, 4) is 0 Å². The number of hydrogen-bond donors (Lipinski definition) is 1. The normalized spacial score (nSPS) is 13.6. The van der Waals surface area contributed by atoms with Crippen LogP contribution >= 0.6 is 15.9 Å². The number of aromatic amines is 1. The Morgan fingerprint density at radius 3 is 2.71 bits per heavy atom. The van der Waals surface area contributed by atoms with Gasteiger partial charge in [-0.25, -0.2) is 0 Å². The number of nitrogens with zero attached hydrogens (tertiary/aromatic N) is 1. The topological polar surface area (TPSA) is 53.2 Å². The molecule has 0 spiro atoms. The van der Waals surface area contributed by atoms with Crippen molar-refractivity contribution in [2.45, 2.75) is 39.7 Å². The molecule has 1 aliphatic heterocycles. The molecular formula is C23H23BrN2O2. The highest BCUT2D eigenvalue weighted by Crippen LogP contribution is 2.32. The van der Waals surface area contributed by atoms with Gasteiger partial charge in [-0.1, -0.05) is 24.3 Å². The SMILES string of the molecule is Cc1ccc(C(=O)CCC(=O)N2CCc3[nH]c4c(Br)cccc4c3C2)cc1C. The highest BCUT2D eigenvalue weighted by molar-refractivity contribution is 9.10. The van der Waals surface area contributed by atoms with E-state index in [2.05, 4.69) is 27.0 Å². The fourth-order valence-electron chi connectivity index (χ4n) is 3.85. The van der Waals surface area contributed by atoms with Crippen LogP contribution in [0.2, 0.25) is 0 Å². The summed E-state index contributed by atoms with van der Waals surface area (Å²) in [5.74, 6) is 0.0809. The molecule has 0 radical (unpaired) electrons. The van der Waals surface area contributed by atoms with Crippen LogP contribution in [0.3, 0.4) is 0 Å². The van der Waals surface area contributed by atoms with Gasteiger partial charge in [0, 0.05) is 59.0 Å². The molecule has 0 fully saturated rings. The summed E-state index contributed by atoms with van der Waals surface area (Å²) in [4.78, 5) is 30.6. The maximum atomic E-state index is 12.7. The molecule has 0 unspecified atom stereocenters. The van der Waals surface area contributed by atoms with Gasteiger partial charge in [-0.15, -0.1) is 0 Å². The third-order valence-corrected chi connectivity index (χ3v) is 6.37. The minimum absolute atomic E-state index is 0.0326. The maximum Gasteiger partial charge on any atom is 0.223 e. The van der Waals surface area contributed by atoms with Gasteiger partial charge >= 0.3 is 0 Å². The number of para-hydroxylation sites is 1.